The van der Waals surface area contributed by atoms with Gasteiger partial charge in [-0.05, 0) is 24.6 Å². The SMILES string of the molecule is CCCN(CC#N)C(=O)Nc1cccc(F)c1. The molecular weight excluding hydrogens is 221 g/mol. The molecule has 1 aromatic carbocycles. The van der Waals surface area contributed by atoms with Gasteiger partial charge < -0.3 is 10.2 Å². The molecule has 0 unspecified atom stereocenters. The zero-order valence-corrected chi connectivity index (χ0v) is 9.61. The molecule has 0 heterocycles. The Labute approximate surface area is 99.7 Å². The summed E-state index contributed by atoms with van der Waals surface area (Å²) in [6, 6.07) is 7.17. The van der Waals surface area contributed by atoms with Crippen molar-refractivity contribution < 1.29 is 9.18 Å². The van der Waals surface area contributed by atoms with Crippen molar-refractivity contribution in [2.45, 2.75) is 13.3 Å². The molecule has 2 amide bonds. The van der Waals surface area contributed by atoms with E-state index in [-0.39, 0.29) is 12.6 Å². The highest BCUT2D eigenvalue weighted by atomic mass is 19.1. The summed E-state index contributed by atoms with van der Waals surface area (Å²) in [6.07, 6.45) is 0.762. The number of anilines is 1. The van der Waals surface area contributed by atoms with Gasteiger partial charge in [-0.2, -0.15) is 5.26 Å². The van der Waals surface area contributed by atoms with Gasteiger partial charge >= 0.3 is 6.03 Å². The maximum Gasteiger partial charge on any atom is 0.322 e. The van der Waals surface area contributed by atoms with E-state index < -0.39 is 5.82 Å². The Balaban J connectivity index is 2.66. The molecule has 0 aromatic heterocycles. The summed E-state index contributed by atoms with van der Waals surface area (Å²) in [7, 11) is 0. The van der Waals surface area contributed by atoms with Crippen molar-refractivity contribution in [2.75, 3.05) is 18.4 Å². The number of nitrogens with one attached hydrogen (secondary N) is 1. The molecule has 4 nitrogen and oxygen atoms in total. The highest BCUT2D eigenvalue weighted by Crippen LogP contribution is 2.10. The molecule has 0 saturated carbocycles. The number of nitriles is 1. The van der Waals surface area contributed by atoms with Crippen molar-refractivity contribution in [3.63, 3.8) is 0 Å². The fourth-order valence-corrected chi connectivity index (χ4v) is 1.38. The van der Waals surface area contributed by atoms with Crippen LogP contribution in [0.2, 0.25) is 0 Å². The number of benzene rings is 1. The average Bonchev–Trinajstić information content (AvgIpc) is 2.28. The van der Waals surface area contributed by atoms with E-state index >= 15 is 0 Å². The van der Waals surface area contributed by atoms with Gasteiger partial charge in [0.15, 0.2) is 0 Å². The fourth-order valence-electron chi connectivity index (χ4n) is 1.38. The Morgan fingerprint density at radius 2 is 2.35 bits per heavy atom. The summed E-state index contributed by atoms with van der Waals surface area (Å²) in [6.45, 7) is 2.43. The number of amides is 2. The highest BCUT2D eigenvalue weighted by Gasteiger charge is 2.11. The number of rotatable bonds is 4. The summed E-state index contributed by atoms with van der Waals surface area (Å²) in [5.74, 6) is -0.412. The Bertz CT molecular complexity index is 428. The minimum atomic E-state index is -0.412. The number of carbonyl (C=O) groups excluding carboxylic acids is 1. The lowest BCUT2D eigenvalue weighted by Crippen LogP contribution is -2.35. The molecule has 1 aromatic rings. The molecule has 0 aliphatic heterocycles. The van der Waals surface area contributed by atoms with Crippen molar-refractivity contribution in [3.05, 3.63) is 30.1 Å². The first-order chi connectivity index (χ1) is 8.17. The lowest BCUT2D eigenvalue weighted by molar-refractivity contribution is 0.218. The van der Waals surface area contributed by atoms with Gasteiger partial charge in [0.2, 0.25) is 0 Å². The maximum absolute atomic E-state index is 12.9. The lowest BCUT2D eigenvalue weighted by Gasteiger charge is -2.19. The summed E-state index contributed by atoms with van der Waals surface area (Å²) in [5.41, 5.74) is 0.383. The second kappa shape index (κ2) is 6.48. The molecule has 5 heteroatoms. The quantitative estimate of drug-likeness (QED) is 0.815. The molecule has 0 radical (unpaired) electrons. The first-order valence-electron chi connectivity index (χ1n) is 5.35. The van der Waals surface area contributed by atoms with Gasteiger partial charge in [0.05, 0.1) is 6.07 Å². The van der Waals surface area contributed by atoms with Gasteiger partial charge in [0.25, 0.3) is 0 Å². The van der Waals surface area contributed by atoms with Crippen LogP contribution in [-0.2, 0) is 0 Å². The van der Waals surface area contributed by atoms with Crippen LogP contribution in [0.3, 0.4) is 0 Å². The Morgan fingerprint density at radius 3 is 2.94 bits per heavy atom. The summed E-state index contributed by atoms with van der Waals surface area (Å²) in [5, 5.41) is 11.1. The van der Waals surface area contributed by atoms with Crippen LogP contribution in [0.4, 0.5) is 14.9 Å². The predicted molar refractivity (Wildman–Crippen MR) is 62.9 cm³/mol. The molecule has 0 aliphatic carbocycles. The molecule has 0 saturated heterocycles. The number of hydrogen-bond donors (Lipinski definition) is 1. The predicted octanol–water partition coefficient (Wildman–Crippen LogP) is 2.59. The number of urea groups is 1. The lowest BCUT2D eigenvalue weighted by atomic mass is 10.3. The molecule has 0 spiro atoms. The third-order valence-corrected chi connectivity index (χ3v) is 2.12. The molecule has 17 heavy (non-hydrogen) atoms. The Kier molecular flexibility index (Phi) is 4.95. The number of hydrogen-bond acceptors (Lipinski definition) is 2. The first kappa shape index (κ1) is 13.0. The van der Waals surface area contributed by atoms with Crippen LogP contribution in [0, 0.1) is 17.1 Å². The molecular formula is C12H14FN3O. The van der Waals surface area contributed by atoms with Crippen LogP contribution in [-0.4, -0.2) is 24.0 Å². The van der Waals surface area contributed by atoms with Crippen LogP contribution in [0.1, 0.15) is 13.3 Å². The third kappa shape index (κ3) is 4.11. The van der Waals surface area contributed by atoms with Gasteiger partial charge in [-0.15, -0.1) is 0 Å². The topological polar surface area (TPSA) is 56.1 Å². The normalized spacial score (nSPS) is 9.47. The van der Waals surface area contributed by atoms with Gasteiger partial charge in [-0.1, -0.05) is 13.0 Å². The largest absolute Gasteiger partial charge is 0.322 e. The van der Waals surface area contributed by atoms with Gasteiger partial charge in [0, 0.05) is 12.2 Å². The standard InChI is InChI=1S/C12H14FN3O/c1-2-7-16(8-6-14)12(17)15-11-5-3-4-10(13)9-11/h3-5,9H,2,7-8H2,1H3,(H,15,17). The Morgan fingerprint density at radius 1 is 1.59 bits per heavy atom. The molecule has 90 valence electrons. The minimum Gasteiger partial charge on any atom is -0.311 e. The number of nitrogens with zero attached hydrogens (tertiary/aromatic N) is 2. The van der Waals surface area contributed by atoms with E-state index in [4.69, 9.17) is 5.26 Å². The van der Waals surface area contributed by atoms with E-state index in [1.165, 1.54) is 23.1 Å². The molecule has 0 fully saturated rings. The van der Waals surface area contributed by atoms with Crippen molar-refractivity contribution in [2.24, 2.45) is 0 Å². The van der Waals surface area contributed by atoms with E-state index in [1.54, 1.807) is 6.07 Å². The van der Waals surface area contributed by atoms with Crippen LogP contribution in [0.15, 0.2) is 24.3 Å². The van der Waals surface area contributed by atoms with Crippen LogP contribution >= 0.6 is 0 Å². The van der Waals surface area contributed by atoms with Crippen LogP contribution in [0.5, 0.6) is 0 Å². The molecule has 0 aliphatic rings. The Hall–Kier alpha value is -2.09. The average molecular weight is 235 g/mol. The fraction of sp³-hybridized carbons (Fsp3) is 0.333. The van der Waals surface area contributed by atoms with Crippen molar-refractivity contribution in [1.29, 1.82) is 5.26 Å². The van der Waals surface area contributed by atoms with Crippen molar-refractivity contribution in [3.8, 4) is 6.07 Å². The summed E-state index contributed by atoms with van der Waals surface area (Å²) in [4.78, 5) is 13.1. The van der Waals surface area contributed by atoms with Gasteiger partial charge in [-0.3, -0.25) is 0 Å². The van der Waals surface area contributed by atoms with Crippen molar-refractivity contribution in [1.82, 2.24) is 4.90 Å². The first-order valence-corrected chi connectivity index (χ1v) is 5.35. The zero-order valence-electron chi connectivity index (χ0n) is 9.61. The number of carbonyl (C=O) groups is 1. The maximum atomic E-state index is 12.9. The molecule has 1 rings (SSSR count). The summed E-state index contributed by atoms with van der Waals surface area (Å²) < 4.78 is 12.9. The van der Waals surface area contributed by atoms with Crippen molar-refractivity contribution >= 4 is 11.7 Å². The second-order valence-corrected chi connectivity index (χ2v) is 3.52. The second-order valence-electron chi connectivity index (χ2n) is 3.52. The number of halogens is 1. The third-order valence-electron chi connectivity index (χ3n) is 2.12. The molecule has 1 N–H and O–H groups in total. The van der Waals surface area contributed by atoms with E-state index in [1.807, 2.05) is 13.0 Å². The minimum absolute atomic E-state index is 0.0228. The molecule has 0 atom stereocenters. The monoisotopic (exact) mass is 235 g/mol. The van der Waals surface area contributed by atoms with E-state index in [9.17, 15) is 9.18 Å². The van der Waals surface area contributed by atoms with Crippen LogP contribution in [0.25, 0.3) is 0 Å². The molecule has 0 bridgehead atoms. The van der Waals surface area contributed by atoms with E-state index in [2.05, 4.69) is 5.32 Å². The highest BCUT2D eigenvalue weighted by molar-refractivity contribution is 5.89. The van der Waals surface area contributed by atoms with Crippen LogP contribution < -0.4 is 5.32 Å². The summed E-state index contributed by atoms with van der Waals surface area (Å²) >= 11 is 0. The van der Waals surface area contributed by atoms with E-state index in [0.717, 1.165) is 6.42 Å². The van der Waals surface area contributed by atoms with Gasteiger partial charge in [-0.25, -0.2) is 9.18 Å². The van der Waals surface area contributed by atoms with E-state index in [0.29, 0.717) is 12.2 Å². The zero-order chi connectivity index (χ0) is 12.7. The van der Waals surface area contributed by atoms with Gasteiger partial charge in [0.1, 0.15) is 12.4 Å². The smallest absolute Gasteiger partial charge is 0.311 e.